The minimum absolute atomic E-state index is 0.207. The molecule has 0 unspecified atom stereocenters. The number of likely N-dealkylation sites (tertiary alicyclic amines) is 1. The zero-order chi connectivity index (χ0) is 26.1. The first-order chi connectivity index (χ1) is 16.3. The van der Waals surface area contributed by atoms with Gasteiger partial charge < -0.3 is 15.1 Å². The fourth-order valence-electron chi connectivity index (χ4n) is 5.51. The van der Waals surface area contributed by atoms with Crippen LogP contribution in [-0.2, 0) is 9.59 Å². The van der Waals surface area contributed by atoms with Crippen molar-refractivity contribution in [3.05, 3.63) is 69.7 Å². The first-order valence-corrected chi connectivity index (χ1v) is 12.8. The van der Waals surface area contributed by atoms with Crippen molar-refractivity contribution in [1.82, 2.24) is 4.90 Å². The third-order valence-corrected chi connectivity index (χ3v) is 8.09. The first kappa shape index (κ1) is 27.5. The summed E-state index contributed by atoms with van der Waals surface area (Å²) < 4.78 is 0. The van der Waals surface area contributed by atoms with Gasteiger partial charge in [-0.15, -0.1) is 0 Å². The SMILES string of the molecule is CC[C@@H]([C@H](C)C(C)(C)O)N1C(=O)[C@](C)(CC(=O)O)C[C@H](c2cccc(Cl)c2)[C@H]1c1ccc(Cl)cc1. The van der Waals surface area contributed by atoms with Gasteiger partial charge in [-0.25, -0.2) is 0 Å². The maximum atomic E-state index is 14.2. The van der Waals surface area contributed by atoms with Crippen LogP contribution in [0.25, 0.3) is 0 Å². The lowest BCUT2D eigenvalue weighted by atomic mass is 9.66. The number of hydrogen-bond acceptors (Lipinski definition) is 3. The number of carbonyl (C=O) groups is 2. The first-order valence-electron chi connectivity index (χ1n) is 12.1. The van der Waals surface area contributed by atoms with E-state index >= 15 is 0 Å². The number of benzene rings is 2. The van der Waals surface area contributed by atoms with Crippen LogP contribution in [-0.4, -0.2) is 38.6 Å². The van der Waals surface area contributed by atoms with Gasteiger partial charge in [-0.3, -0.25) is 9.59 Å². The van der Waals surface area contributed by atoms with Crippen molar-refractivity contribution >= 4 is 35.1 Å². The van der Waals surface area contributed by atoms with Crippen molar-refractivity contribution in [2.24, 2.45) is 11.3 Å². The molecule has 1 heterocycles. The van der Waals surface area contributed by atoms with E-state index in [2.05, 4.69) is 0 Å². The van der Waals surface area contributed by atoms with Gasteiger partial charge in [0.2, 0.25) is 5.91 Å². The molecule has 1 aliphatic heterocycles. The van der Waals surface area contributed by atoms with Gasteiger partial charge in [-0.2, -0.15) is 0 Å². The standard InChI is InChI=1S/C28H35Cl2NO4/c1-6-23(17(2)27(3,4)35)31-25(18-10-12-20(29)13-11-18)22(19-8-7-9-21(30)14-19)15-28(5,26(31)34)16-24(32)33/h7-14,17,22-23,25,35H,6,15-16H2,1-5H3,(H,32,33)/t17-,22+,23-,25+,28-/m0/s1. The van der Waals surface area contributed by atoms with Gasteiger partial charge in [0.05, 0.1) is 23.5 Å². The van der Waals surface area contributed by atoms with E-state index in [0.717, 1.165) is 11.1 Å². The third kappa shape index (κ3) is 5.84. The van der Waals surface area contributed by atoms with Crippen molar-refractivity contribution in [1.29, 1.82) is 0 Å². The van der Waals surface area contributed by atoms with E-state index in [0.29, 0.717) is 22.9 Å². The Morgan fingerprint density at radius 3 is 2.29 bits per heavy atom. The number of rotatable bonds is 8. The number of carbonyl (C=O) groups excluding carboxylic acids is 1. The molecule has 2 aromatic carbocycles. The molecule has 7 heteroatoms. The Hall–Kier alpha value is -2.08. The molecule has 2 aromatic rings. The van der Waals surface area contributed by atoms with Crippen LogP contribution in [0.2, 0.25) is 10.0 Å². The van der Waals surface area contributed by atoms with Crippen molar-refractivity contribution < 1.29 is 19.8 Å². The number of halogens is 2. The number of aliphatic carboxylic acids is 1. The molecular weight excluding hydrogens is 485 g/mol. The van der Waals surface area contributed by atoms with E-state index in [1.165, 1.54) is 0 Å². The highest BCUT2D eigenvalue weighted by Gasteiger charge is 2.53. The van der Waals surface area contributed by atoms with Crippen LogP contribution in [0.3, 0.4) is 0 Å². The molecule has 35 heavy (non-hydrogen) atoms. The zero-order valence-electron chi connectivity index (χ0n) is 21.0. The monoisotopic (exact) mass is 519 g/mol. The summed E-state index contributed by atoms with van der Waals surface area (Å²) >= 11 is 12.6. The molecule has 0 aromatic heterocycles. The molecule has 1 saturated heterocycles. The number of amides is 1. The van der Waals surface area contributed by atoms with Gasteiger partial charge in [0.1, 0.15) is 0 Å². The smallest absolute Gasteiger partial charge is 0.304 e. The number of nitrogens with zero attached hydrogens (tertiary/aromatic N) is 1. The molecule has 2 N–H and O–H groups in total. The maximum absolute atomic E-state index is 14.2. The molecule has 5 nitrogen and oxygen atoms in total. The van der Waals surface area contributed by atoms with E-state index in [4.69, 9.17) is 23.2 Å². The molecule has 0 spiro atoms. The van der Waals surface area contributed by atoms with E-state index in [1.54, 1.807) is 39.0 Å². The minimum atomic E-state index is -1.12. The summed E-state index contributed by atoms with van der Waals surface area (Å²) in [5.41, 5.74) is -0.310. The average Bonchev–Trinajstić information content (AvgIpc) is 2.76. The molecule has 0 aliphatic carbocycles. The Kier molecular flexibility index (Phi) is 8.25. The van der Waals surface area contributed by atoms with Crippen LogP contribution in [0.15, 0.2) is 48.5 Å². The van der Waals surface area contributed by atoms with Gasteiger partial charge >= 0.3 is 5.97 Å². The fourth-order valence-corrected chi connectivity index (χ4v) is 5.83. The molecule has 190 valence electrons. The van der Waals surface area contributed by atoms with Gasteiger partial charge in [-0.05, 0) is 62.1 Å². The highest BCUT2D eigenvalue weighted by Crippen LogP contribution is 2.53. The van der Waals surface area contributed by atoms with Crippen molar-refractivity contribution in [2.75, 3.05) is 0 Å². The summed E-state index contributed by atoms with van der Waals surface area (Å²) in [7, 11) is 0. The molecule has 1 fully saturated rings. The topological polar surface area (TPSA) is 77.8 Å². The Morgan fingerprint density at radius 1 is 1.14 bits per heavy atom. The van der Waals surface area contributed by atoms with Crippen LogP contribution in [0.4, 0.5) is 0 Å². The number of piperidine rings is 1. The molecule has 1 aliphatic rings. The molecule has 5 atom stereocenters. The summed E-state index contributed by atoms with van der Waals surface area (Å²) in [6.07, 6.45) is 0.683. The Balaban J connectivity index is 2.28. The van der Waals surface area contributed by atoms with Gasteiger partial charge in [0, 0.05) is 27.9 Å². The molecule has 1 amide bonds. The van der Waals surface area contributed by atoms with Gasteiger partial charge in [0.15, 0.2) is 0 Å². The lowest BCUT2D eigenvalue weighted by molar-refractivity contribution is -0.164. The molecule has 3 rings (SSSR count). The van der Waals surface area contributed by atoms with Crippen molar-refractivity contribution in [3.8, 4) is 0 Å². The predicted molar refractivity (Wildman–Crippen MR) is 140 cm³/mol. The van der Waals surface area contributed by atoms with Gasteiger partial charge in [-0.1, -0.05) is 68.2 Å². The Morgan fingerprint density at radius 2 is 1.77 bits per heavy atom. The second-order valence-corrected chi connectivity index (χ2v) is 11.5. The average molecular weight is 520 g/mol. The number of aliphatic hydroxyl groups is 1. The highest BCUT2D eigenvalue weighted by molar-refractivity contribution is 6.30. The van der Waals surface area contributed by atoms with E-state index < -0.39 is 17.0 Å². The summed E-state index contributed by atoms with van der Waals surface area (Å²) in [4.78, 5) is 28.0. The van der Waals surface area contributed by atoms with Crippen molar-refractivity contribution in [2.45, 2.75) is 77.5 Å². The predicted octanol–water partition coefficient (Wildman–Crippen LogP) is 6.72. The maximum Gasteiger partial charge on any atom is 0.304 e. The number of hydrogen-bond donors (Lipinski definition) is 2. The van der Waals surface area contributed by atoms with Crippen LogP contribution in [0.1, 0.15) is 77.0 Å². The summed E-state index contributed by atoms with van der Waals surface area (Å²) in [6.45, 7) is 9.18. The molecular formula is C28H35Cl2NO4. The van der Waals surface area contributed by atoms with Gasteiger partial charge in [0.25, 0.3) is 0 Å². The fraction of sp³-hybridized carbons (Fsp3) is 0.500. The van der Waals surface area contributed by atoms with Crippen molar-refractivity contribution in [3.63, 3.8) is 0 Å². The highest BCUT2D eigenvalue weighted by atomic mass is 35.5. The Labute approximate surface area is 218 Å². The number of carboxylic acid groups (broad SMARTS) is 1. The Bertz CT molecular complexity index is 1070. The van der Waals surface area contributed by atoms with E-state index in [1.807, 2.05) is 49.1 Å². The summed E-state index contributed by atoms with van der Waals surface area (Å²) in [6, 6.07) is 14.3. The second kappa shape index (κ2) is 10.5. The molecule has 0 bridgehead atoms. The largest absolute Gasteiger partial charge is 0.481 e. The molecule has 0 radical (unpaired) electrons. The van der Waals surface area contributed by atoms with Crippen LogP contribution >= 0.6 is 23.2 Å². The summed E-state index contributed by atoms with van der Waals surface area (Å²) in [5.74, 6) is -1.70. The van der Waals surface area contributed by atoms with Crippen LogP contribution in [0, 0.1) is 11.3 Å². The van der Waals surface area contributed by atoms with Crippen LogP contribution < -0.4 is 0 Å². The van der Waals surface area contributed by atoms with Crippen LogP contribution in [0.5, 0.6) is 0 Å². The lowest BCUT2D eigenvalue weighted by Crippen LogP contribution is -2.59. The second-order valence-electron chi connectivity index (χ2n) is 10.6. The molecule has 0 saturated carbocycles. The normalized spacial score (nSPS) is 24.8. The van der Waals surface area contributed by atoms with E-state index in [-0.39, 0.29) is 36.2 Å². The quantitative estimate of drug-likeness (QED) is 0.405. The minimum Gasteiger partial charge on any atom is -0.481 e. The zero-order valence-corrected chi connectivity index (χ0v) is 22.5. The third-order valence-electron chi connectivity index (χ3n) is 7.60. The lowest BCUT2D eigenvalue weighted by Gasteiger charge is -2.54. The summed E-state index contributed by atoms with van der Waals surface area (Å²) in [5, 5.41) is 21.8. The number of carboxylic acids is 1. The van der Waals surface area contributed by atoms with E-state index in [9.17, 15) is 19.8 Å².